The molecule has 0 heterocycles. The fraction of sp³-hybridized carbons (Fsp3) is 0.800. The van der Waals surface area contributed by atoms with Crippen molar-refractivity contribution >= 4 is 11.9 Å². The normalized spacial score (nSPS) is 8.93. The molecular formula is C10H20O4. The monoisotopic (exact) mass is 204 g/mol. The van der Waals surface area contributed by atoms with Crippen LogP contribution in [0.25, 0.3) is 0 Å². The number of carbonyl (C=O) groups excluding carboxylic acids is 1. The highest BCUT2D eigenvalue weighted by atomic mass is 16.5. The summed E-state index contributed by atoms with van der Waals surface area (Å²) in [6, 6.07) is 0. The first kappa shape index (κ1) is 15.4. The Morgan fingerprint density at radius 1 is 1.36 bits per heavy atom. The van der Waals surface area contributed by atoms with E-state index in [4.69, 9.17) is 5.11 Å². The van der Waals surface area contributed by atoms with Gasteiger partial charge in [0.25, 0.3) is 0 Å². The summed E-state index contributed by atoms with van der Waals surface area (Å²) >= 11 is 0. The molecule has 0 aromatic heterocycles. The quantitative estimate of drug-likeness (QED) is 0.712. The van der Waals surface area contributed by atoms with Crippen LogP contribution in [0.5, 0.6) is 0 Å². The Morgan fingerprint density at radius 3 is 1.93 bits per heavy atom. The van der Waals surface area contributed by atoms with E-state index in [-0.39, 0.29) is 5.97 Å². The van der Waals surface area contributed by atoms with Crippen molar-refractivity contribution in [1.29, 1.82) is 0 Å². The molecule has 0 bridgehead atoms. The fourth-order valence-corrected chi connectivity index (χ4v) is 0.498. The number of hydrogen-bond acceptors (Lipinski definition) is 3. The topological polar surface area (TPSA) is 63.6 Å². The highest BCUT2D eigenvalue weighted by molar-refractivity contribution is 5.66. The third kappa shape index (κ3) is 22.4. The zero-order chi connectivity index (χ0) is 11.6. The van der Waals surface area contributed by atoms with Gasteiger partial charge in [-0.3, -0.25) is 9.59 Å². The number of esters is 1. The molecular weight excluding hydrogens is 184 g/mol. The number of rotatable bonds is 4. The molecule has 0 amide bonds. The largest absolute Gasteiger partial charge is 0.481 e. The first-order valence-electron chi connectivity index (χ1n) is 4.75. The lowest BCUT2D eigenvalue weighted by Crippen LogP contribution is -2.05. The van der Waals surface area contributed by atoms with E-state index >= 15 is 0 Å². The van der Waals surface area contributed by atoms with Gasteiger partial charge in [0.1, 0.15) is 0 Å². The number of aliphatic carboxylic acids is 1. The van der Waals surface area contributed by atoms with Crippen LogP contribution in [0.2, 0.25) is 0 Å². The van der Waals surface area contributed by atoms with E-state index in [1.807, 2.05) is 20.8 Å². The number of carboxylic acid groups (broad SMARTS) is 1. The molecule has 0 saturated heterocycles. The molecule has 0 aromatic carbocycles. The predicted octanol–water partition coefficient (Wildman–Crippen LogP) is 2.08. The van der Waals surface area contributed by atoms with Crippen LogP contribution >= 0.6 is 0 Å². The maximum Gasteiger partial charge on any atom is 0.303 e. The maximum atomic E-state index is 10.1. The summed E-state index contributed by atoms with van der Waals surface area (Å²) in [7, 11) is 0. The van der Waals surface area contributed by atoms with E-state index in [0.717, 1.165) is 6.42 Å². The second kappa shape index (κ2) is 10.0. The van der Waals surface area contributed by atoms with Crippen LogP contribution < -0.4 is 0 Å². The molecule has 0 fully saturated rings. The van der Waals surface area contributed by atoms with Crippen LogP contribution in [0.4, 0.5) is 0 Å². The summed E-state index contributed by atoms with van der Waals surface area (Å²) in [5, 5.41) is 7.91. The van der Waals surface area contributed by atoms with Crippen LogP contribution in [-0.2, 0) is 14.3 Å². The minimum Gasteiger partial charge on any atom is -0.481 e. The van der Waals surface area contributed by atoms with Crippen LogP contribution in [0.3, 0.4) is 0 Å². The van der Waals surface area contributed by atoms with Crippen molar-refractivity contribution in [1.82, 2.24) is 0 Å². The van der Waals surface area contributed by atoms with Gasteiger partial charge in [0.05, 0.1) is 6.61 Å². The minimum atomic E-state index is -0.711. The molecule has 0 radical (unpaired) electrons. The summed E-state index contributed by atoms with van der Waals surface area (Å²) in [6.45, 7) is 7.80. The molecule has 0 saturated carbocycles. The van der Waals surface area contributed by atoms with Gasteiger partial charge in [-0.2, -0.15) is 0 Å². The van der Waals surface area contributed by atoms with Crippen molar-refractivity contribution in [3.05, 3.63) is 0 Å². The number of ether oxygens (including phenoxy) is 1. The first-order chi connectivity index (χ1) is 6.40. The Labute approximate surface area is 85.3 Å². The molecule has 0 rings (SSSR count). The van der Waals surface area contributed by atoms with Crippen molar-refractivity contribution in [2.24, 2.45) is 5.92 Å². The van der Waals surface area contributed by atoms with E-state index in [1.165, 1.54) is 6.92 Å². The zero-order valence-electron chi connectivity index (χ0n) is 9.37. The molecule has 0 spiro atoms. The first-order valence-corrected chi connectivity index (χ1v) is 4.75. The molecule has 4 heteroatoms. The lowest BCUT2D eigenvalue weighted by molar-refractivity contribution is -0.142. The highest BCUT2D eigenvalue weighted by Gasteiger charge is 1.94. The molecule has 0 atom stereocenters. The van der Waals surface area contributed by atoms with E-state index in [9.17, 15) is 9.59 Å². The summed E-state index contributed by atoms with van der Waals surface area (Å²) < 4.78 is 4.66. The maximum absolute atomic E-state index is 10.1. The Balaban J connectivity index is 0. The third-order valence-electron chi connectivity index (χ3n) is 1.08. The Hall–Kier alpha value is -1.06. The molecule has 0 aliphatic rings. The van der Waals surface area contributed by atoms with Crippen molar-refractivity contribution in [3.8, 4) is 0 Å². The molecule has 0 aromatic rings. The van der Waals surface area contributed by atoms with Crippen LogP contribution in [0.15, 0.2) is 0 Å². The van der Waals surface area contributed by atoms with Gasteiger partial charge in [0.15, 0.2) is 0 Å². The smallest absolute Gasteiger partial charge is 0.303 e. The minimum absolute atomic E-state index is 0.196. The fourth-order valence-electron chi connectivity index (χ4n) is 0.498. The molecule has 1 N–H and O–H groups in total. The summed E-state index contributed by atoms with van der Waals surface area (Å²) in [4.78, 5) is 19.7. The molecule has 4 nitrogen and oxygen atoms in total. The molecule has 14 heavy (non-hydrogen) atoms. The number of carboxylic acids is 1. The predicted molar refractivity (Wildman–Crippen MR) is 54.0 cm³/mol. The van der Waals surface area contributed by atoms with Crippen molar-refractivity contribution in [2.75, 3.05) is 6.61 Å². The second-order valence-corrected chi connectivity index (χ2v) is 3.34. The highest BCUT2D eigenvalue weighted by Crippen LogP contribution is 1.91. The third-order valence-corrected chi connectivity index (χ3v) is 1.08. The van der Waals surface area contributed by atoms with Gasteiger partial charge in [-0.25, -0.2) is 0 Å². The van der Waals surface area contributed by atoms with E-state index < -0.39 is 5.97 Å². The average molecular weight is 204 g/mol. The van der Waals surface area contributed by atoms with Crippen LogP contribution in [0, 0.1) is 5.92 Å². The Kier molecular flexibility index (Phi) is 11.0. The van der Waals surface area contributed by atoms with Crippen LogP contribution in [0.1, 0.15) is 40.5 Å². The van der Waals surface area contributed by atoms with Crippen molar-refractivity contribution in [3.63, 3.8) is 0 Å². The van der Waals surface area contributed by atoms with Gasteiger partial charge in [-0.1, -0.05) is 20.8 Å². The van der Waals surface area contributed by atoms with Gasteiger partial charge >= 0.3 is 11.9 Å². The average Bonchev–Trinajstić information content (AvgIpc) is 2.01. The van der Waals surface area contributed by atoms with E-state index in [2.05, 4.69) is 4.74 Å². The SMILES string of the molecule is CC(=O)OCC(C)C.CCCC(=O)O. The van der Waals surface area contributed by atoms with Gasteiger partial charge in [-0.05, 0) is 12.3 Å². The summed E-state index contributed by atoms with van der Waals surface area (Å²) in [5.74, 6) is -0.463. The number of hydrogen-bond donors (Lipinski definition) is 1. The van der Waals surface area contributed by atoms with E-state index in [0.29, 0.717) is 18.9 Å². The Bertz CT molecular complexity index is 164. The van der Waals surface area contributed by atoms with Crippen LogP contribution in [-0.4, -0.2) is 23.7 Å². The van der Waals surface area contributed by atoms with Crippen molar-refractivity contribution < 1.29 is 19.4 Å². The van der Waals surface area contributed by atoms with Gasteiger partial charge in [-0.15, -0.1) is 0 Å². The van der Waals surface area contributed by atoms with E-state index in [1.54, 1.807) is 0 Å². The molecule has 0 unspecified atom stereocenters. The van der Waals surface area contributed by atoms with Gasteiger partial charge in [0, 0.05) is 13.3 Å². The van der Waals surface area contributed by atoms with Gasteiger partial charge in [0.2, 0.25) is 0 Å². The lowest BCUT2D eigenvalue weighted by Gasteiger charge is -2.02. The van der Waals surface area contributed by atoms with Crippen molar-refractivity contribution in [2.45, 2.75) is 40.5 Å². The zero-order valence-corrected chi connectivity index (χ0v) is 9.37. The summed E-state index contributed by atoms with van der Waals surface area (Å²) in [5.41, 5.74) is 0. The molecule has 84 valence electrons. The second-order valence-electron chi connectivity index (χ2n) is 3.34. The summed E-state index contributed by atoms with van der Waals surface area (Å²) in [6.07, 6.45) is 1.02. The molecule has 0 aliphatic carbocycles. The lowest BCUT2D eigenvalue weighted by atomic mass is 10.2. The number of carbonyl (C=O) groups is 2. The Morgan fingerprint density at radius 2 is 1.86 bits per heavy atom. The molecule has 0 aliphatic heterocycles. The standard InChI is InChI=1S/C6H12O2.C4H8O2/c1-5(2)4-8-6(3)7;1-2-3-4(5)6/h5H,4H2,1-3H3;2-3H2,1H3,(H,5,6). The van der Waals surface area contributed by atoms with Gasteiger partial charge < -0.3 is 9.84 Å².